The number of nitrogens with one attached hydrogen (secondary N) is 2. The predicted octanol–water partition coefficient (Wildman–Crippen LogP) is 5.12. The highest BCUT2D eigenvalue weighted by atomic mass is 16.6. The van der Waals surface area contributed by atoms with Crippen LogP contribution in [0.1, 0.15) is 32.2 Å². The molecule has 0 aliphatic heterocycles. The van der Waals surface area contributed by atoms with Crippen molar-refractivity contribution >= 4 is 16.9 Å². The number of nitrogens with zero attached hydrogens (tertiary/aromatic N) is 2. The van der Waals surface area contributed by atoms with E-state index in [0.29, 0.717) is 12.2 Å². The van der Waals surface area contributed by atoms with E-state index in [9.17, 15) is 4.79 Å². The van der Waals surface area contributed by atoms with Gasteiger partial charge in [0, 0.05) is 29.8 Å². The van der Waals surface area contributed by atoms with Crippen LogP contribution in [0.5, 0.6) is 5.75 Å². The number of methoxy groups -OCH3 is 1. The molecule has 0 saturated carbocycles. The molecule has 178 valence electrons. The number of rotatable bonds is 5. The molecule has 35 heavy (non-hydrogen) atoms. The molecule has 4 rings (SSSR count). The molecular formula is C28H28N4O3. The zero-order valence-electron chi connectivity index (χ0n) is 20.3. The third-order valence-electron chi connectivity index (χ3n) is 5.18. The van der Waals surface area contributed by atoms with Crippen LogP contribution in [-0.2, 0) is 11.2 Å². The molecule has 0 unspecified atom stereocenters. The van der Waals surface area contributed by atoms with E-state index in [4.69, 9.17) is 9.47 Å². The summed E-state index contributed by atoms with van der Waals surface area (Å²) in [7, 11) is 1.63. The van der Waals surface area contributed by atoms with Crippen LogP contribution in [0.25, 0.3) is 22.0 Å². The van der Waals surface area contributed by atoms with Gasteiger partial charge in [-0.2, -0.15) is 0 Å². The summed E-state index contributed by atoms with van der Waals surface area (Å²) < 4.78 is 10.7. The van der Waals surface area contributed by atoms with Gasteiger partial charge in [0.25, 0.3) is 0 Å². The van der Waals surface area contributed by atoms with Crippen molar-refractivity contribution in [1.29, 1.82) is 0 Å². The van der Waals surface area contributed by atoms with Crippen molar-refractivity contribution in [3.8, 4) is 28.8 Å². The summed E-state index contributed by atoms with van der Waals surface area (Å²) >= 11 is 0. The SMILES string of the molecule is COc1ccc(C[C@@H](C#Cc2ncc(-c3ccc4cnccc4c3)[nH]2)NC(=O)OC(C)(C)C)cc1. The third-order valence-corrected chi connectivity index (χ3v) is 5.18. The van der Waals surface area contributed by atoms with Crippen molar-refractivity contribution < 1.29 is 14.3 Å². The highest BCUT2D eigenvalue weighted by molar-refractivity contribution is 5.86. The van der Waals surface area contributed by atoms with Crippen molar-refractivity contribution in [2.45, 2.75) is 38.8 Å². The maximum absolute atomic E-state index is 12.4. The monoisotopic (exact) mass is 468 g/mol. The van der Waals surface area contributed by atoms with Gasteiger partial charge in [-0.25, -0.2) is 9.78 Å². The van der Waals surface area contributed by atoms with E-state index in [1.807, 2.05) is 69.4 Å². The Morgan fingerprint density at radius 2 is 1.89 bits per heavy atom. The molecule has 2 N–H and O–H groups in total. The number of aromatic amines is 1. The average molecular weight is 469 g/mol. The van der Waals surface area contributed by atoms with Gasteiger partial charge in [0.1, 0.15) is 11.4 Å². The Bertz CT molecular complexity index is 1380. The topological polar surface area (TPSA) is 89.1 Å². The summed E-state index contributed by atoms with van der Waals surface area (Å²) in [5.74, 6) is 7.47. The van der Waals surface area contributed by atoms with Gasteiger partial charge in [0.2, 0.25) is 0 Å². The van der Waals surface area contributed by atoms with E-state index < -0.39 is 17.7 Å². The maximum atomic E-state index is 12.4. The Balaban J connectivity index is 1.54. The lowest BCUT2D eigenvalue weighted by atomic mass is 10.1. The van der Waals surface area contributed by atoms with Crippen LogP contribution in [0, 0.1) is 11.8 Å². The Labute approximate surface area is 204 Å². The van der Waals surface area contributed by atoms with Crippen molar-refractivity contribution in [3.05, 3.63) is 78.5 Å². The van der Waals surface area contributed by atoms with Gasteiger partial charge in [-0.05, 0) is 61.9 Å². The standard InChI is InChI=1S/C28H28N4O3/c1-28(2,3)35-27(33)31-23(15-19-5-10-24(34-4)11-6-19)9-12-26-30-18-25(32-26)21-7-8-22-17-29-14-13-20(22)16-21/h5-8,10-11,13-14,16-18,23H,15H2,1-4H3,(H,30,32)(H,31,33)/t23-/m1/s1. The van der Waals surface area contributed by atoms with E-state index in [1.54, 1.807) is 19.5 Å². The molecule has 7 nitrogen and oxygen atoms in total. The number of benzene rings is 2. The van der Waals surface area contributed by atoms with Crippen molar-refractivity contribution in [1.82, 2.24) is 20.3 Å². The number of aromatic nitrogens is 3. The van der Waals surface area contributed by atoms with Crippen molar-refractivity contribution in [2.75, 3.05) is 7.11 Å². The predicted molar refractivity (Wildman–Crippen MR) is 136 cm³/mol. The van der Waals surface area contributed by atoms with Crippen LogP contribution >= 0.6 is 0 Å². The number of hydrogen-bond acceptors (Lipinski definition) is 5. The molecule has 0 saturated heterocycles. The Kier molecular flexibility index (Phi) is 7.02. The third kappa shape index (κ3) is 6.61. The fourth-order valence-corrected chi connectivity index (χ4v) is 3.52. The fourth-order valence-electron chi connectivity index (χ4n) is 3.52. The number of fused-ring (bicyclic) bond motifs is 1. The first kappa shape index (κ1) is 23.8. The first-order valence-corrected chi connectivity index (χ1v) is 11.3. The molecule has 2 aromatic heterocycles. The summed E-state index contributed by atoms with van der Waals surface area (Å²) in [5, 5.41) is 5.04. The van der Waals surface area contributed by atoms with E-state index in [1.165, 1.54) is 0 Å². The summed E-state index contributed by atoms with van der Waals surface area (Å²) in [4.78, 5) is 24.2. The van der Waals surface area contributed by atoms with Crippen molar-refractivity contribution in [2.24, 2.45) is 0 Å². The molecule has 0 radical (unpaired) electrons. The second-order valence-corrected chi connectivity index (χ2v) is 9.10. The van der Waals surface area contributed by atoms with Gasteiger partial charge < -0.3 is 19.8 Å². The first-order valence-electron chi connectivity index (χ1n) is 11.3. The number of carbonyl (C=O) groups is 1. The van der Waals surface area contributed by atoms with Gasteiger partial charge in [-0.15, -0.1) is 0 Å². The first-order chi connectivity index (χ1) is 16.8. The molecule has 2 heterocycles. The molecule has 4 aromatic rings. The van der Waals surface area contributed by atoms with Crippen LogP contribution in [0.15, 0.2) is 67.1 Å². The van der Waals surface area contributed by atoms with Crippen LogP contribution in [0.2, 0.25) is 0 Å². The van der Waals surface area contributed by atoms with E-state index in [2.05, 4.69) is 38.2 Å². The van der Waals surface area contributed by atoms with E-state index in [0.717, 1.165) is 33.3 Å². The largest absolute Gasteiger partial charge is 0.497 e. The van der Waals surface area contributed by atoms with E-state index in [-0.39, 0.29) is 0 Å². The highest BCUT2D eigenvalue weighted by Crippen LogP contribution is 2.22. The van der Waals surface area contributed by atoms with Crippen molar-refractivity contribution in [3.63, 3.8) is 0 Å². The number of carbonyl (C=O) groups excluding carboxylic acids is 1. The molecule has 0 aliphatic carbocycles. The minimum atomic E-state index is -0.603. The lowest BCUT2D eigenvalue weighted by molar-refractivity contribution is 0.0516. The highest BCUT2D eigenvalue weighted by Gasteiger charge is 2.19. The van der Waals surface area contributed by atoms with Crippen LogP contribution < -0.4 is 10.1 Å². The number of imidazole rings is 1. The Morgan fingerprint density at radius 3 is 2.63 bits per heavy atom. The number of amides is 1. The smallest absolute Gasteiger partial charge is 0.408 e. The summed E-state index contributed by atoms with van der Waals surface area (Å²) in [6.07, 6.45) is 5.35. The molecule has 0 spiro atoms. The molecule has 1 atom stereocenters. The van der Waals surface area contributed by atoms with Gasteiger partial charge >= 0.3 is 6.09 Å². The summed E-state index contributed by atoms with van der Waals surface area (Å²) in [6.45, 7) is 5.47. The number of alkyl carbamates (subject to hydrolysis) is 1. The van der Waals surface area contributed by atoms with E-state index >= 15 is 0 Å². The van der Waals surface area contributed by atoms with Crippen LogP contribution in [0.4, 0.5) is 4.79 Å². The molecule has 0 aliphatic rings. The molecule has 7 heteroatoms. The molecule has 2 aromatic carbocycles. The Morgan fingerprint density at radius 1 is 1.09 bits per heavy atom. The minimum Gasteiger partial charge on any atom is -0.497 e. The lowest BCUT2D eigenvalue weighted by Gasteiger charge is -2.21. The summed E-state index contributed by atoms with van der Waals surface area (Å²) in [5.41, 5.74) is 2.27. The fraction of sp³-hybridized carbons (Fsp3) is 0.250. The second-order valence-electron chi connectivity index (χ2n) is 9.10. The minimum absolute atomic E-state index is 0.472. The molecule has 0 bridgehead atoms. The quantitative estimate of drug-likeness (QED) is 0.397. The van der Waals surface area contributed by atoms with Gasteiger partial charge in [0.15, 0.2) is 5.82 Å². The lowest BCUT2D eigenvalue weighted by Crippen LogP contribution is -2.39. The van der Waals surface area contributed by atoms with Gasteiger partial charge in [-0.1, -0.05) is 30.2 Å². The maximum Gasteiger partial charge on any atom is 0.408 e. The normalized spacial score (nSPS) is 11.9. The second kappa shape index (κ2) is 10.3. The number of hydrogen-bond donors (Lipinski definition) is 2. The number of H-pyrrole nitrogens is 1. The summed E-state index contributed by atoms with van der Waals surface area (Å²) in [6, 6.07) is 15.3. The Hall–Kier alpha value is -4.31. The number of ether oxygens (including phenoxy) is 2. The number of pyridine rings is 1. The molecular weight excluding hydrogens is 440 g/mol. The van der Waals surface area contributed by atoms with Gasteiger partial charge in [0.05, 0.1) is 25.0 Å². The van der Waals surface area contributed by atoms with Crippen LogP contribution in [-0.4, -0.2) is 39.8 Å². The molecule has 0 fully saturated rings. The zero-order chi connectivity index (χ0) is 24.8. The molecule has 1 amide bonds. The van der Waals surface area contributed by atoms with Crippen LogP contribution in [0.3, 0.4) is 0 Å². The van der Waals surface area contributed by atoms with Gasteiger partial charge in [-0.3, -0.25) is 4.98 Å². The zero-order valence-corrected chi connectivity index (χ0v) is 20.3. The average Bonchev–Trinajstić information content (AvgIpc) is 3.30.